The largest absolute Gasteiger partial charge is 0.325 e. The maximum absolute atomic E-state index is 13.3. The van der Waals surface area contributed by atoms with Crippen LogP contribution in [0.25, 0.3) is 10.2 Å². The van der Waals surface area contributed by atoms with E-state index < -0.39 is 0 Å². The number of nitrogens with one attached hydrogen (secondary N) is 1. The summed E-state index contributed by atoms with van der Waals surface area (Å²) in [4.78, 5) is 32.5. The van der Waals surface area contributed by atoms with Gasteiger partial charge in [0, 0.05) is 17.1 Å². The van der Waals surface area contributed by atoms with E-state index in [1.807, 2.05) is 30.3 Å². The summed E-state index contributed by atoms with van der Waals surface area (Å²) < 4.78 is 1.65. The summed E-state index contributed by atoms with van der Waals surface area (Å²) in [5, 5.41) is 4.21. The molecule has 29 heavy (non-hydrogen) atoms. The van der Waals surface area contributed by atoms with E-state index in [2.05, 4.69) is 11.9 Å². The molecule has 5 nitrogen and oxygen atoms in total. The first kappa shape index (κ1) is 19.9. The Hall–Kier alpha value is -2.38. The number of nitrogens with zero attached hydrogens (tertiary/aromatic N) is 2. The van der Waals surface area contributed by atoms with Gasteiger partial charge in [0.2, 0.25) is 5.91 Å². The first-order chi connectivity index (χ1) is 14.2. The predicted octanol–water partition coefficient (Wildman–Crippen LogP) is 4.64. The van der Waals surface area contributed by atoms with Crippen molar-refractivity contribution < 1.29 is 4.79 Å². The average molecular weight is 426 g/mol. The number of hydrogen-bond acceptors (Lipinski definition) is 5. The smallest absolute Gasteiger partial charge is 0.263 e. The lowest BCUT2D eigenvalue weighted by molar-refractivity contribution is -0.113. The number of thiophene rings is 1. The fourth-order valence-corrected chi connectivity index (χ4v) is 5.76. The standard InChI is InChI=1S/C22H23N3O2S2/c1-2-13-25-21(27)19-16-11-7-4-8-12-17(16)29-20(19)24-22(25)28-14-18(26)23-15-9-5-3-6-10-15/h2-3,5-6,9-10H,1,4,7-8,11-14H2,(H,23,26). The quantitative estimate of drug-likeness (QED) is 0.270. The number of allylic oxidation sites excluding steroid dienone is 1. The lowest BCUT2D eigenvalue weighted by Crippen LogP contribution is -2.24. The number of aryl methyl sites for hydroxylation is 2. The summed E-state index contributed by atoms with van der Waals surface area (Å²) >= 11 is 2.93. The van der Waals surface area contributed by atoms with Gasteiger partial charge in [0.25, 0.3) is 5.56 Å². The van der Waals surface area contributed by atoms with Crippen molar-refractivity contribution >= 4 is 44.9 Å². The molecule has 1 aliphatic carbocycles. The van der Waals surface area contributed by atoms with E-state index in [1.54, 1.807) is 22.0 Å². The van der Waals surface area contributed by atoms with E-state index in [0.717, 1.165) is 35.2 Å². The Morgan fingerprint density at radius 2 is 2.03 bits per heavy atom. The second-order valence-electron chi connectivity index (χ2n) is 7.05. The molecule has 0 aliphatic heterocycles. The molecule has 0 saturated carbocycles. The van der Waals surface area contributed by atoms with Gasteiger partial charge in [-0.05, 0) is 43.4 Å². The van der Waals surface area contributed by atoms with Crippen molar-refractivity contribution in [1.82, 2.24) is 9.55 Å². The number of aromatic nitrogens is 2. The molecule has 1 amide bonds. The van der Waals surface area contributed by atoms with Gasteiger partial charge in [0.1, 0.15) is 4.83 Å². The summed E-state index contributed by atoms with van der Waals surface area (Å²) in [6.07, 6.45) is 7.18. The van der Waals surface area contributed by atoms with Crippen molar-refractivity contribution in [2.75, 3.05) is 11.1 Å². The molecule has 0 fully saturated rings. The number of hydrogen-bond donors (Lipinski definition) is 1. The van der Waals surface area contributed by atoms with Crippen LogP contribution in [0, 0.1) is 0 Å². The summed E-state index contributed by atoms with van der Waals surface area (Å²) in [6, 6.07) is 9.35. The lowest BCUT2D eigenvalue weighted by Gasteiger charge is -2.11. The van der Waals surface area contributed by atoms with Crippen LogP contribution in [-0.2, 0) is 24.2 Å². The minimum Gasteiger partial charge on any atom is -0.325 e. The third-order valence-electron chi connectivity index (χ3n) is 4.99. The number of fused-ring (bicyclic) bond motifs is 3. The number of benzene rings is 1. The molecule has 1 aromatic carbocycles. The fraction of sp³-hybridized carbons (Fsp3) is 0.318. The van der Waals surface area contributed by atoms with E-state index >= 15 is 0 Å². The number of anilines is 1. The molecule has 0 unspecified atom stereocenters. The number of carbonyl (C=O) groups is 1. The molecule has 1 N–H and O–H groups in total. The van der Waals surface area contributed by atoms with E-state index in [4.69, 9.17) is 4.98 Å². The Morgan fingerprint density at radius 3 is 2.83 bits per heavy atom. The van der Waals surface area contributed by atoms with Crippen molar-refractivity contribution in [2.45, 2.75) is 43.8 Å². The Labute approximate surface area is 177 Å². The topological polar surface area (TPSA) is 64.0 Å². The van der Waals surface area contributed by atoms with Crippen molar-refractivity contribution in [1.29, 1.82) is 0 Å². The van der Waals surface area contributed by atoms with E-state index in [9.17, 15) is 9.59 Å². The van der Waals surface area contributed by atoms with Crippen LogP contribution in [0.2, 0.25) is 0 Å². The van der Waals surface area contributed by atoms with E-state index in [0.29, 0.717) is 11.7 Å². The Bertz CT molecular complexity index is 1100. The van der Waals surface area contributed by atoms with Crippen LogP contribution in [0.4, 0.5) is 5.69 Å². The number of amides is 1. The summed E-state index contributed by atoms with van der Waals surface area (Å²) in [5.74, 6) is 0.0670. The van der Waals surface area contributed by atoms with Crippen molar-refractivity contribution in [3.05, 3.63) is 63.8 Å². The van der Waals surface area contributed by atoms with Gasteiger partial charge in [0.05, 0.1) is 11.1 Å². The summed E-state index contributed by atoms with van der Waals surface area (Å²) in [7, 11) is 0. The molecule has 0 atom stereocenters. The number of carbonyl (C=O) groups excluding carboxylic acids is 1. The Kier molecular flexibility index (Phi) is 6.16. The molecule has 3 aromatic rings. The minimum absolute atomic E-state index is 0.0136. The van der Waals surface area contributed by atoms with Crippen LogP contribution >= 0.6 is 23.1 Å². The average Bonchev–Trinajstić information content (AvgIpc) is 2.91. The van der Waals surface area contributed by atoms with Gasteiger partial charge in [-0.25, -0.2) is 4.98 Å². The Balaban J connectivity index is 1.63. The SMILES string of the molecule is C=CCn1c(SCC(=O)Nc2ccccc2)nc2sc3c(c2c1=O)CCCCC3. The third kappa shape index (κ3) is 4.31. The second-order valence-corrected chi connectivity index (χ2v) is 9.07. The highest BCUT2D eigenvalue weighted by Crippen LogP contribution is 2.34. The van der Waals surface area contributed by atoms with Crippen LogP contribution in [-0.4, -0.2) is 21.2 Å². The zero-order chi connectivity index (χ0) is 20.2. The first-order valence-electron chi connectivity index (χ1n) is 9.81. The maximum Gasteiger partial charge on any atom is 0.263 e. The normalized spacial score (nSPS) is 13.7. The van der Waals surface area contributed by atoms with Crippen molar-refractivity contribution in [3.63, 3.8) is 0 Å². The zero-order valence-corrected chi connectivity index (χ0v) is 17.8. The lowest BCUT2D eigenvalue weighted by atomic mass is 10.1. The maximum atomic E-state index is 13.3. The van der Waals surface area contributed by atoms with Crippen LogP contribution in [0.3, 0.4) is 0 Å². The number of para-hydroxylation sites is 1. The van der Waals surface area contributed by atoms with Gasteiger partial charge in [-0.15, -0.1) is 17.9 Å². The molecule has 0 bridgehead atoms. The molecule has 2 heterocycles. The monoisotopic (exact) mass is 425 g/mol. The third-order valence-corrected chi connectivity index (χ3v) is 7.15. The van der Waals surface area contributed by atoms with Crippen LogP contribution in [0.1, 0.15) is 29.7 Å². The fourth-order valence-electron chi connectivity index (χ4n) is 3.65. The molecular weight excluding hydrogens is 402 g/mol. The first-order valence-corrected chi connectivity index (χ1v) is 11.6. The van der Waals surface area contributed by atoms with Crippen LogP contribution in [0.15, 0.2) is 52.9 Å². The molecule has 0 radical (unpaired) electrons. The summed E-state index contributed by atoms with van der Waals surface area (Å²) in [5.41, 5.74) is 1.93. The molecule has 7 heteroatoms. The minimum atomic E-state index is -0.123. The molecule has 0 spiro atoms. The van der Waals surface area contributed by atoms with E-state index in [1.165, 1.54) is 35.0 Å². The number of rotatable bonds is 6. The molecule has 150 valence electrons. The second kappa shape index (κ2) is 8.97. The number of thioether (sulfide) groups is 1. The zero-order valence-electron chi connectivity index (χ0n) is 16.1. The molecule has 2 aromatic heterocycles. The molecular formula is C22H23N3O2S2. The molecule has 0 saturated heterocycles. The van der Waals surface area contributed by atoms with Gasteiger partial charge in [0.15, 0.2) is 5.16 Å². The van der Waals surface area contributed by atoms with Gasteiger partial charge in [-0.1, -0.05) is 42.5 Å². The summed E-state index contributed by atoms with van der Waals surface area (Å²) in [6.45, 7) is 4.17. The van der Waals surface area contributed by atoms with E-state index in [-0.39, 0.29) is 17.2 Å². The van der Waals surface area contributed by atoms with Crippen LogP contribution in [0.5, 0.6) is 0 Å². The van der Waals surface area contributed by atoms with Gasteiger partial charge >= 0.3 is 0 Å². The van der Waals surface area contributed by atoms with Gasteiger partial charge in [-0.2, -0.15) is 0 Å². The highest BCUT2D eigenvalue weighted by atomic mass is 32.2. The van der Waals surface area contributed by atoms with Crippen LogP contribution < -0.4 is 10.9 Å². The highest BCUT2D eigenvalue weighted by Gasteiger charge is 2.21. The highest BCUT2D eigenvalue weighted by molar-refractivity contribution is 7.99. The van der Waals surface area contributed by atoms with Gasteiger partial charge < -0.3 is 5.32 Å². The van der Waals surface area contributed by atoms with Crippen molar-refractivity contribution in [3.8, 4) is 0 Å². The Morgan fingerprint density at radius 1 is 1.24 bits per heavy atom. The van der Waals surface area contributed by atoms with Gasteiger partial charge in [-0.3, -0.25) is 14.2 Å². The molecule has 4 rings (SSSR count). The molecule has 1 aliphatic rings. The van der Waals surface area contributed by atoms with Crippen molar-refractivity contribution in [2.24, 2.45) is 0 Å². The predicted molar refractivity (Wildman–Crippen MR) is 121 cm³/mol.